The lowest BCUT2D eigenvalue weighted by atomic mass is 9.70. The van der Waals surface area contributed by atoms with Gasteiger partial charge in [-0.15, -0.1) is 0 Å². The van der Waals surface area contributed by atoms with E-state index in [0.717, 1.165) is 0 Å². The number of imide groups is 2. The Labute approximate surface area is 101 Å². The number of rotatable bonds is 0. The van der Waals surface area contributed by atoms with E-state index in [-0.39, 0.29) is 23.0 Å². The van der Waals surface area contributed by atoms with Crippen molar-refractivity contribution in [1.82, 2.24) is 10.1 Å². The monoisotopic (exact) mass is 254 g/mol. The standard InChI is InChI=1S/C10H10N2O6/c13-7-3-1-4-6(10(16)12(18)8(4)14)2-5(3)9(15)11(7)17/h3-6,17-18H,1-2H2. The molecular formula is C10H10N2O6. The van der Waals surface area contributed by atoms with E-state index < -0.39 is 47.3 Å². The first-order valence-corrected chi connectivity index (χ1v) is 5.57. The predicted octanol–water partition coefficient (Wildman–Crippen LogP) is -1.24. The fourth-order valence-corrected chi connectivity index (χ4v) is 3.14. The highest BCUT2D eigenvalue weighted by atomic mass is 16.5. The molecule has 0 aromatic heterocycles. The molecule has 3 rings (SSSR count). The first kappa shape index (κ1) is 11.3. The Morgan fingerprint density at radius 1 is 0.667 bits per heavy atom. The number of nitrogens with zero attached hydrogens (tertiary/aromatic N) is 2. The highest BCUT2D eigenvalue weighted by Crippen LogP contribution is 2.46. The summed E-state index contributed by atoms with van der Waals surface area (Å²) in [6.45, 7) is 0. The summed E-state index contributed by atoms with van der Waals surface area (Å²) >= 11 is 0. The highest BCUT2D eigenvalue weighted by molar-refractivity contribution is 6.08. The first-order valence-electron chi connectivity index (χ1n) is 5.57. The lowest BCUT2D eigenvalue weighted by molar-refractivity contribution is -0.173. The van der Waals surface area contributed by atoms with Crippen molar-refractivity contribution in [3.8, 4) is 0 Å². The summed E-state index contributed by atoms with van der Waals surface area (Å²) in [6.07, 6.45) is 0.0250. The molecule has 0 aromatic rings. The van der Waals surface area contributed by atoms with Crippen molar-refractivity contribution in [1.29, 1.82) is 0 Å². The zero-order valence-electron chi connectivity index (χ0n) is 9.15. The van der Waals surface area contributed by atoms with Crippen LogP contribution in [0.5, 0.6) is 0 Å². The zero-order chi connectivity index (χ0) is 13.2. The van der Waals surface area contributed by atoms with Crippen LogP contribution in [0.25, 0.3) is 0 Å². The molecule has 2 heterocycles. The average molecular weight is 254 g/mol. The van der Waals surface area contributed by atoms with E-state index >= 15 is 0 Å². The molecule has 0 spiro atoms. The van der Waals surface area contributed by atoms with Crippen LogP contribution in [0.15, 0.2) is 0 Å². The maximum atomic E-state index is 11.6. The van der Waals surface area contributed by atoms with Gasteiger partial charge in [-0.05, 0) is 12.8 Å². The number of carbonyl (C=O) groups is 4. The highest BCUT2D eigenvalue weighted by Gasteiger charge is 2.59. The molecule has 1 saturated carbocycles. The maximum absolute atomic E-state index is 11.6. The van der Waals surface area contributed by atoms with E-state index in [9.17, 15) is 29.6 Å². The Morgan fingerprint density at radius 3 is 1.11 bits per heavy atom. The van der Waals surface area contributed by atoms with E-state index in [0.29, 0.717) is 0 Å². The molecule has 1 aliphatic carbocycles. The SMILES string of the molecule is O=C1C2CC3C(=O)N(O)C(=O)C3CC2C(=O)N1O. The van der Waals surface area contributed by atoms with Crippen LogP contribution in [-0.4, -0.2) is 44.2 Å². The predicted molar refractivity (Wildman–Crippen MR) is 50.5 cm³/mol. The van der Waals surface area contributed by atoms with Crippen molar-refractivity contribution in [2.45, 2.75) is 12.8 Å². The fourth-order valence-electron chi connectivity index (χ4n) is 3.14. The average Bonchev–Trinajstić information content (AvgIpc) is 2.71. The van der Waals surface area contributed by atoms with E-state index in [4.69, 9.17) is 0 Å². The third-order valence-electron chi connectivity index (χ3n) is 4.09. The second-order valence-corrected chi connectivity index (χ2v) is 4.87. The third-order valence-corrected chi connectivity index (χ3v) is 4.09. The summed E-state index contributed by atoms with van der Waals surface area (Å²) in [6, 6.07) is 0. The summed E-state index contributed by atoms with van der Waals surface area (Å²) in [4.78, 5) is 46.4. The molecular weight excluding hydrogens is 244 g/mol. The number of amides is 4. The van der Waals surface area contributed by atoms with Crippen molar-refractivity contribution in [2.24, 2.45) is 23.7 Å². The summed E-state index contributed by atoms with van der Waals surface area (Å²) in [7, 11) is 0. The summed E-state index contributed by atoms with van der Waals surface area (Å²) in [5.41, 5.74) is 0. The molecule has 2 N–H and O–H groups in total. The maximum Gasteiger partial charge on any atom is 0.257 e. The molecule has 4 atom stereocenters. The number of carbonyl (C=O) groups excluding carboxylic acids is 4. The molecule has 96 valence electrons. The minimum atomic E-state index is -0.771. The molecule has 4 unspecified atom stereocenters. The molecule has 0 aromatic carbocycles. The first-order chi connectivity index (χ1) is 8.43. The number of hydrogen-bond acceptors (Lipinski definition) is 6. The fraction of sp³-hybridized carbons (Fsp3) is 0.600. The van der Waals surface area contributed by atoms with Gasteiger partial charge in [0.1, 0.15) is 0 Å². The number of fused-ring (bicyclic) bond motifs is 2. The van der Waals surface area contributed by atoms with E-state index in [1.165, 1.54) is 0 Å². The second-order valence-electron chi connectivity index (χ2n) is 4.87. The molecule has 2 saturated heterocycles. The Hall–Kier alpha value is -1.80. The summed E-state index contributed by atoms with van der Waals surface area (Å²) in [5.74, 6) is -6.03. The van der Waals surface area contributed by atoms with Gasteiger partial charge in [-0.3, -0.25) is 29.6 Å². The molecule has 8 heteroatoms. The van der Waals surface area contributed by atoms with Gasteiger partial charge in [0, 0.05) is 0 Å². The minimum absolute atomic E-state index is 0.0125. The van der Waals surface area contributed by atoms with Gasteiger partial charge < -0.3 is 0 Å². The van der Waals surface area contributed by atoms with E-state index in [1.807, 2.05) is 0 Å². The molecule has 3 aliphatic rings. The van der Waals surface area contributed by atoms with Crippen LogP contribution in [0.4, 0.5) is 0 Å². The van der Waals surface area contributed by atoms with Gasteiger partial charge in [0.05, 0.1) is 23.7 Å². The van der Waals surface area contributed by atoms with Gasteiger partial charge in [0.2, 0.25) is 0 Å². The van der Waals surface area contributed by atoms with Crippen molar-refractivity contribution in [2.75, 3.05) is 0 Å². The largest absolute Gasteiger partial charge is 0.278 e. The Kier molecular flexibility index (Phi) is 2.11. The van der Waals surface area contributed by atoms with Crippen LogP contribution in [-0.2, 0) is 19.2 Å². The van der Waals surface area contributed by atoms with Crippen molar-refractivity contribution >= 4 is 23.6 Å². The van der Waals surface area contributed by atoms with Gasteiger partial charge in [-0.1, -0.05) is 0 Å². The molecule has 4 amide bonds. The van der Waals surface area contributed by atoms with Crippen LogP contribution in [0.1, 0.15) is 12.8 Å². The van der Waals surface area contributed by atoms with Crippen LogP contribution in [0.2, 0.25) is 0 Å². The van der Waals surface area contributed by atoms with Gasteiger partial charge in [0.25, 0.3) is 23.6 Å². The van der Waals surface area contributed by atoms with Gasteiger partial charge >= 0.3 is 0 Å². The van der Waals surface area contributed by atoms with E-state index in [1.54, 1.807) is 0 Å². The molecule has 2 aliphatic heterocycles. The topological polar surface area (TPSA) is 115 Å². The molecule has 3 fully saturated rings. The van der Waals surface area contributed by atoms with Crippen LogP contribution in [0.3, 0.4) is 0 Å². The third kappa shape index (κ3) is 1.16. The van der Waals surface area contributed by atoms with Crippen LogP contribution >= 0.6 is 0 Å². The lowest BCUT2D eigenvalue weighted by Gasteiger charge is -2.27. The number of hydroxylamine groups is 4. The Bertz CT molecular complexity index is 405. The summed E-state index contributed by atoms with van der Waals surface area (Å²) < 4.78 is 0. The minimum Gasteiger partial charge on any atom is -0.278 e. The molecule has 8 nitrogen and oxygen atoms in total. The van der Waals surface area contributed by atoms with Crippen LogP contribution < -0.4 is 0 Å². The normalized spacial score (nSPS) is 39.4. The Balaban J connectivity index is 1.94. The van der Waals surface area contributed by atoms with Gasteiger partial charge in [0.15, 0.2) is 0 Å². The Morgan fingerprint density at radius 2 is 0.889 bits per heavy atom. The smallest absolute Gasteiger partial charge is 0.257 e. The van der Waals surface area contributed by atoms with Gasteiger partial charge in [-0.2, -0.15) is 10.1 Å². The van der Waals surface area contributed by atoms with Crippen LogP contribution in [0, 0.1) is 23.7 Å². The summed E-state index contributed by atoms with van der Waals surface area (Å²) in [5, 5.41) is 18.6. The quantitative estimate of drug-likeness (QED) is 0.412. The zero-order valence-corrected chi connectivity index (χ0v) is 9.15. The van der Waals surface area contributed by atoms with Gasteiger partial charge in [-0.25, -0.2) is 0 Å². The lowest BCUT2D eigenvalue weighted by Crippen LogP contribution is -2.35. The molecule has 0 radical (unpaired) electrons. The van der Waals surface area contributed by atoms with Crippen molar-refractivity contribution in [3.63, 3.8) is 0 Å². The molecule has 0 bridgehead atoms. The van der Waals surface area contributed by atoms with Crippen molar-refractivity contribution < 1.29 is 29.6 Å². The second kappa shape index (κ2) is 3.36. The number of hydrogen-bond donors (Lipinski definition) is 2. The molecule has 18 heavy (non-hydrogen) atoms. The van der Waals surface area contributed by atoms with Crippen molar-refractivity contribution in [3.05, 3.63) is 0 Å². The van der Waals surface area contributed by atoms with E-state index in [2.05, 4.69) is 0 Å².